The second kappa shape index (κ2) is 5.59. The number of aryl methyl sites for hydroxylation is 1. The number of hydrogen-bond acceptors (Lipinski definition) is 5. The zero-order valence-electron chi connectivity index (χ0n) is 10.8. The van der Waals surface area contributed by atoms with Crippen molar-refractivity contribution in [3.05, 3.63) is 39.4 Å². The molecule has 100 valence electrons. The maximum Gasteiger partial charge on any atom is 0.357 e. The molecule has 0 fully saturated rings. The molecule has 0 saturated heterocycles. The summed E-state index contributed by atoms with van der Waals surface area (Å²) < 4.78 is 4.68. The van der Waals surface area contributed by atoms with E-state index in [-0.39, 0.29) is 0 Å². The van der Waals surface area contributed by atoms with E-state index in [1.54, 1.807) is 0 Å². The lowest BCUT2D eigenvalue weighted by molar-refractivity contribution is 0.0594. The van der Waals surface area contributed by atoms with Gasteiger partial charge in [-0.15, -0.1) is 11.3 Å². The second-order valence-electron chi connectivity index (χ2n) is 3.95. The summed E-state index contributed by atoms with van der Waals surface area (Å²) in [6, 6.07) is 5.60. The average Bonchev–Trinajstić information content (AvgIpc) is 2.75. The summed E-state index contributed by atoms with van der Waals surface area (Å²) in [6.07, 6.45) is 0. The number of nitrogens with zero attached hydrogens (tertiary/aromatic N) is 1. The van der Waals surface area contributed by atoms with Crippen LogP contribution in [0.4, 0.5) is 10.8 Å². The molecule has 1 N–H and O–H groups in total. The molecule has 0 radical (unpaired) electrons. The summed E-state index contributed by atoms with van der Waals surface area (Å²) in [4.78, 5) is 16.5. The highest BCUT2D eigenvalue weighted by atomic mass is 35.5. The van der Waals surface area contributed by atoms with Gasteiger partial charge in [0, 0.05) is 15.6 Å². The molecule has 1 heterocycles. The van der Waals surface area contributed by atoms with Crippen LogP contribution in [0.3, 0.4) is 0 Å². The molecular formula is C13H13ClN2O2S. The van der Waals surface area contributed by atoms with Gasteiger partial charge < -0.3 is 10.1 Å². The molecule has 1 aromatic carbocycles. The van der Waals surface area contributed by atoms with Crippen LogP contribution < -0.4 is 5.32 Å². The minimum absolute atomic E-state index is 0.342. The predicted octanol–water partition coefficient (Wildman–Crippen LogP) is 3.94. The molecule has 19 heavy (non-hydrogen) atoms. The molecule has 6 heteroatoms. The standard InChI is InChI=1S/C13H13ClN2O2S/c1-7-9(14)5-4-6-10(7)15-13-16-11(8(2)19-13)12(17)18-3/h4-6H,1-3H3,(H,15,16). The second-order valence-corrected chi connectivity index (χ2v) is 5.56. The summed E-state index contributed by atoms with van der Waals surface area (Å²) in [5.41, 5.74) is 2.16. The molecule has 0 aliphatic carbocycles. The van der Waals surface area contributed by atoms with E-state index < -0.39 is 5.97 Å². The van der Waals surface area contributed by atoms with Gasteiger partial charge >= 0.3 is 5.97 Å². The van der Waals surface area contributed by atoms with E-state index in [9.17, 15) is 4.79 Å². The third-order valence-corrected chi connectivity index (χ3v) is 3.98. The Bertz CT molecular complexity index is 625. The van der Waals surface area contributed by atoms with Crippen molar-refractivity contribution in [3.8, 4) is 0 Å². The molecule has 2 aromatic rings. The number of hydrogen-bond donors (Lipinski definition) is 1. The van der Waals surface area contributed by atoms with Crippen LogP contribution in [0.5, 0.6) is 0 Å². The van der Waals surface area contributed by atoms with Crippen LogP contribution in [0, 0.1) is 13.8 Å². The van der Waals surface area contributed by atoms with E-state index >= 15 is 0 Å². The Balaban J connectivity index is 2.29. The van der Waals surface area contributed by atoms with E-state index in [0.29, 0.717) is 15.8 Å². The van der Waals surface area contributed by atoms with Crippen LogP contribution in [0.1, 0.15) is 20.9 Å². The minimum atomic E-state index is -0.426. The van der Waals surface area contributed by atoms with E-state index in [4.69, 9.17) is 11.6 Å². The Hall–Kier alpha value is -1.59. The van der Waals surface area contributed by atoms with Gasteiger partial charge in [-0.25, -0.2) is 9.78 Å². The number of nitrogens with one attached hydrogen (secondary N) is 1. The lowest BCUT2D eigenvalue weighted by Gasteiger charge is -2.07. The van der Waals surface area contributed by atoms with Crippen molar-refractivity contribution in [2.75, 3.05) is 12.4 Å². The van der Waals surface area contributed by atoms with E-state index in [1.165, 1.54) is 18.4 Å². The average molecular weight is 297 g/mol. The Labute approximate surface area is 120 Å². The summed E-state index contributed by atoms with van der Waals surface area (Å²) in [7, 11) is 1.34. The molecule has 0 bridgehead atoms. The fourth-order valence-corrected chi connectivity index (χ4v) is 2.58. The van der Waals surface area contributed by atoms with Crippen LogP contribution in [-0.4, -0.2) is 18.1 Å². The van der Waals surface area contributed by atoms with Crippen molar-refractivity contribution in [1.29, 1.82) is 0 Å². The molecule has 0 aliphatic heterocycles. The highest BCUT2D eigenvalue weighted by Crippen LogP contribution is 2.29. The number of esters is 1. The minimum Gasteiger partial charge on any atom is -0.464 e. The summed E-state index contributed by atoms with van der Waals surface area (Å²) in [6.45, 7) is 3.76. The molecule has 0 unspecified atom stereocenters. The van der Waals surface area contributed by atoms with Gasteiger partial charge in [-0.3, -0.25) is 0 Å². The number of carbonyl (C=O) groups excluding carboxylic acids is 1. The van der Waals surface area contributed by atoms with Gasteiger partial charge in [0.2, 0.25) is 0 Å². The zero-order chi connectivity index (χ0) is 14.0. The fourth-order valence-electron chi connectivity index (χ4n) is 1.59. The third kappa shape index (κ3) is 2.88. The molecule has 0 aliphatic rings. The number of halogens is 1. The van der Waals surface area contributed by atoms with E-state index in [0.717, 1.165) is 16.1 Å². The molecule has 4 nitrogen and oxygen atoms in total. The van der Waals surface area contributed by atoms with Crippen molar-refractivity contribution in [1.82, 2.24) is 4.98 Å². The molecular weight excluding hydrogens is 284 g/mol. The van der Waals surface area contributed by atoms with Crippen LogP contribution in [0.25, 0.3) is 0 Å². The Morgan fingerprint density at radius 1 is 1.42 bits per heavy atom. The van der Waals surface area contributed by atoms with Crippen LogP contribution in [0.2, 0.25) is 5.02 Å². The van der Waals surface area contributed by atoms with Crippen LogP contribution in [0.15, 0.2) is 18.2 Å². The third-order valence-electron chi connectivity index (χ3n) is 2.68. The lowest BCUT2D eigenvalue weighted by Crippen LogP contribution is -2.03. The normalized spacial score (nSPS) is 10.3. The number of rotatable bonds is 3. The first-order valence-corrected chi connectivity index (χ1v) is 6.80. The number of ether oxygens (including phenoxy) is 1. The molecule has 2 rings (SSSR count). The Kier molecular flexibility index (Phi) is 4.07. The van der Waals surface area contributed by atoms with Gasteiger partial charge in [0.25, 0.3) is 0 Å². The molecule has 0 spiro atoms. The first kappa shape index (κ1) is 13.8. The molecule has 0 amide bonds. The van der Waals surface area contributed by atoms with E-state index in [2.05, 4.69) is 15.0 Å². The first-order chi connectivity index (χ1) is 9.02. The SMILES string of the molecule is COC(=O)c1nc(Nc2cccc(Cl)c2C)sc1C. The fraction of sp³-hybridized carbons (Fsp3) is 0.231. The molecule has 0 saturated carbocycles. The quantitative estimate of drug-likeness (QED) is 0.872. The topological polar surface area (TPSA) is 51.2 Å². The van der Waals surface area contributed by atoms with Gasteiger partial charge in [-0.2, -0.15) is 0 Å². The Morgan fingerprint density at radius 2 is 2.16 bits per heavy atom. The first-order valence-electron chi connectivity index (χ1n) is 5.60. The molecule has 1 aromatic heterocycles. The van der Waals surface area contributed by atoms with Gasteiger partial charge in [-0.05, 0) is 31.5 Å². The number of thiazole rings is 1. The zero-order valence-corrected chi connectivity index (χ0v) is 12.4. The van der Waals surface area contributed by atoms with Crippen molar-refractivity contribution in [3.63, 3.8) is 0 Å². The van der Waals surface area contributed by atoms with Crippen molar-refractivity contribution in [2.45, 2.75) is 13.8 Å². The molecule has 0 atom stereocenters. The van der Waals surface area contributed by atoms with Gasteiger partial charge in [-0.1, -0.05) is 17.7 Å². The van der Waals surface area contributed by atoms with Crippen molar-refractivity contribution in [2.24, 2.45) is 0 Å². The largest absolute Gasteiger partial charge is 0.464 e. The summed E-state index contributed by atoms with van der Waals surface area (Å²) in [5, 5.41) is 4.50. The summed E-state index contributed by atoms with van der Waals surface area (Å²) in [5.74, 6) is -0.426. The predicted molar refractivity (Wildman–Crippen MR) is 77.7 cm³/mol. The lowest BCUT2D eigenvalue weighted by atomic mass is 10.2. The van der Waals surface area contributed by atoms with Gasteiger partial charge in [0.05, 0.1) is 7.11 Å². The van der Waals surface area contributed by atoms with Crippen LogP contribution >= 0.6 is 22.9 Å². The number of benzene rings is 1. The van der Waals surface area contributed by atoms with Crippen LogP contribution in [-0.2, 0) is 4.74 Å². The maximum atomic E-state index is 11.5. The highest BCUT2D eigenvalue weighted by molar-refractivity contribution is 7.15. The van der Waals surface area contributed by atoms with Gasteiger partial charge in [0.1, 0.15) is 0 Å². The Morgan fingerprint density at radius 3 is 2.84 bits per heavy atom. The highest BCUT2D eigenvalue weighted by Gasteiger charge is 2.16. The van der Waals surface area contributed by atoms with E-state index in [1.807, 2.05) is 32.0 Å². The number of anilines is 2. The van der Waals surface area contributed by atoms with Gasteiger partial charge in [0.15, 0.2) is 10.8 Å². The number of aromatic nitrogens is 1. The number of carbonyl (C=O) groups is 1. The van der Waals surface area contributed by atoms with Crippen molar-refractivity contribution >= 4 is 39.7 Å². The monoisotopic (exact) mass is 296 g/mol. The van der Waals surface area contributed by atoms with Crippen molar-refractivity contribution < 1.29 is 9.53 Å². The summed E-state index contributed by atoms with van der Waals surface area (Å²) >= 11 is 7.46. The smallest absolute Gasteiger partial charge is 0.357 e. The number of methoxy groups -OCH3 is 1. The maximum absolute atomic E-state index is 11.5.